The Balaban J connectivity index is 1.92. The van der Waals surface area contributed by atoms with Crippen molar-refractivity contribution in [3.63, 3.8) is 0 Å². The van der Waals surface area contributed by atoms with E-state index in [4.69, 9.17) is 11.6 Å². The molecule has 1 atom stereocenters. The highest BCUT2D eigenvalue weighted by atomic mass is 35.5. The third-order valence-corrected chi connectivity index (χ3v) is 3.84. The van der Waals surface area contributed by atoms with Crippen LogP contribution in [0.1, 0.15) is 28.8 Å². The number of fused-ring (bicyclic) bond motifs is 1. The largest absolute Gasteiger partial charge is 0.322 e. The van der Waals surface area contributed by atoms with Crippen LogP contribution < -0.4 is 5.32 Å². The molecule has 7 heteroatoms. The first-order chi connectivity index (χ1) is 9.47. The quantitative estimate of drug-likeness (QED) is 0.793. The Kier molecular flexibility index (Phi) is 2.97. The highest BCUT2D eigenvalue weighted by Gasteiger charge is 2.40. The molecule has 3 amide bonds. The molecule has 1 aromatic rings. The topological polar surface area (TPSA) is 66.5 Å². The molecule has 1 N–H and O–H groups in total. The number of amides is 3. The van der Waals surface area contributed by atoms with E-state index in [9.17, 15) is 18.8 Å². The molecule has 0 bridgehead atoms. The van der Waals surface area contributed by atoms with E-state index < -0.39 is 23.7 Å². The van der Waals surface area contributed by atoms with Gasteiger partial charge in [-0.25, -0.2) is 4.39 Å². The second kappa shape index (κ2) is 4.56. The molecular weight excluding hydrogens is 287 g/mol. The average molecular weight is 297 g/mol. The van der Waals surface area contributed by atoms with Gasteiger partial charge < -0.3 is 4.90 Å². The van der Waals surface area contributed by atoms with Crippen LogP contribution in [0.2, 0.25) is 5.02 Å². The van der Waals surface area contributed by atoms with Gasteiger partial charge in [-0.05, 0) is 24.1 Å². The first-order valence-electron chi connectivity index (χ1n) is 6.10. The molecule has 20 heavy (non-hydrogen) atoms. The van der Waals surface area contributed by atoms with Crippen LogP contribution in [-0.4, -0.2) is 28.7 Å². The van der Waals surface area contributed by atoms with Crippen molar-refractivity contribution in [3.8, 4) is 0 Å². The molecule has 3 rings (SSSR count). The molecule has 0 radical (unpaired) electrons. The second-order valence-electron chi connectivity index (χ2n) is 4.82. The van der Waals surface area contributed by atoms with Crippen LogP contribution in [0.3, 0.4) is 0 Å². The van der Waals surface area contributed by atoms with Crippen molar-refractivity contribution in [1.82, 2.24) is 10.2 Å². The third-order valence-electron chi connectivity index (χ3n) is 3.54. The number of benzene rings is 1. The van der Waals surface area contributed by atoms with Crippen LogP contribution in [0.15, 0.2) is 12.1 Å². The Morgan fingerprint density at radius 3 is 2.75 bits per heavy atom. The van der Waals surface area contributed by atoms with E-state index in [1.165, 1.54) is 11.0 Å². The lowest BCUT2D eigenvalue weighted by Gasteiger charge is -2.29. The second-order valence-corrected chi connectivity index (χ2v) is 5.23. The maximum absolute atomic E-state index is 13.3. The summed E-state index contributed by atoms with van der Waals surface area (Å²) in [5.41, 5.74) is 0.697. The summed E-state index contributed by atoms with van der Waals surface area (Å²) < 4.78 is 13.3. The van der Waals surface area contributed by atoms with Crippen LogP contribution >= 0.6 is 11.6 Å². The minimum Gasteiger partial charge on any atom is -0.322 e. The lowest BCUT2D eigenvalue weighted by Crippen LogP contribution is -2.52. The minimum atomic E-state index is -0.716. The van der Waals surface area contributed by atoms with Gasteiger partial charge in [0.2, 0.25) is 11.8 Å². The SMILES string of the molecule is O=C1CCC(N2Cc3cc(F)cc(Cl)c3C2=O)C(=O)N1. The molecule has 2 heterocycles. The van der Waals surface area contributed by atoms with Crippen molar-refractivity contribution < 1.29 is 18.8 Å². The third kappa shape index (κ3) is 1.96. The Bertz CT molecular complexity index is 647. The number of carbonyl (C=O) groups is 3. The Morgan fingerprint density at radius 2 is 2.05 bits per heavy atom. The molecule has 1 fully saturated rings. The first kappa shape index (κ1) is 13.1. The number of hydrogen-bond donors (Lipinski definition) is 1. The van der Waals surface area contributed by atoms with Gasteiger partial charge in [-0.1, -0.05) is 11.6 Å². The fraction of sp³-hybridized carbons (Fsp3) is 0.308. The normalized spacial score (nSPS) is 22.0. The smallest absolute Gasteiger partial charge is 0.256 e. The summed E-state index contributed by atoms with van der Waals surface area (Å²) >= 11 is 5.89. The van der Waals surface area contributed by atoms with Gasteiger partial charge in [0, 0.05) is 13.0 Å². The van der Waals surface area contributed by atoms with Crippen molar-refractivity contribution in [1.29, 1.82) is 0 Å². The molecule has 2 aliphatic heterocycles. The molecule has 2 aliphatic rings. The Labute approximate surface area is 118 Å². The van der Waals surface area contributed by atoms with Crippen LogP contribution in [0.25, 0.3) is 0 Å². The zero-order valence-corrected chi connectivity index (χ0v) is 11.0. The van der Waals surface area contributed by atoms with E-state index in [2.05, 4.69) is 5.32 Å². The maximum Gasteiger partial charge on any atom is 0.256 e. The summed E-state index contributed by atoms with van der Waals surface area (Å²) in [6.45, 7) is 0.123. The molecule has 1 aromatic carbocycles. The Morgan fingerprint density at radius 1 is 1.30 bits per heavy atom. The molecule has 104 valence electrons. The van der Waals surface area contributed by atoms with Crippen molar-refractivity contribution in [2.75, 3.05) is 0 Å². The monoisotopic (exact) mass is 296 g/mol. The molecule has 0 aromatic heterocycles. The number of imide groups is 1. The van der Waals surface area contributed by atoms with Crippen LogP contribution in [0.5, 0.6) is 0 Å². The predicted molar refractivity (Wildman–Crippen MR) is 67.5 cm³/mol. The lowest BCUT2D eigenvalue weighted by atomic mass is 10.0. The molecular formula is C13H10ClFN2O3. The van der Waals surface area contributed by atoms with E-state index in [1.54, 1.807) is 0 Å². The van der Waals surface area contributed by atoms with Crippen LogP contribution in [0, 0.1) is 5.82 Å². The van der Waals surface area contributed by atoms with E-state index in [1.807, 2.05) is 0 Å². The molecule has 5 nitrogen and oxygen atoms in total. The summed E-state index contributed by atoms with van der Waals surface area (Å²) in [6.07, 6.45) is 0.448. The van der Waals surface area contributed by atoms with Gasteiger partial charge in [0.15, 0.2) is 0 Å². The average Bonchev–Trinajstić information content (AvgIpc) is 2.66. The fourth-order valence-corrected chi connectivity index (χ4v) is 2.93. The zero-order chi connectivity index (χ0) is 14.4. The lowest BCUT2D eigenvalue weighted by molar-refractivity contribution is -0.136. The van der Waals surface area contributed by atoms with Gasteiger partial charge in [-0.3, -0.25) is 19.7 Å². The van der Waals surface area contributed by atoms with E-state index >= 15 is 0 Å². The number of nitrogens with one attached hydrogen (secondary N) is 1. The Hall–Kier alpha value is -1.95. The van der Waals surface area contributed by atoms with Gasteiger partial charge in [-0.2, -0.15) is 0 Å². The summed E-state index contributed by atoms with van der Waals surface area (Å²) in [7, 11) is 0. The van der Waals surface area contributed by atoms with Crippen molar-refractivity contribution >= 4 is 29.3 Å². The number of hydrogen-bond acceptors (Lipinski definition) is 3. The fourth-order valence-electron chi connectivity index (χ4n) is 2.62. The maximum atomic E-state index is 13.3. The summed E-state index contributed by atoms with van der Waals surface area (Å²) in [5, 5.41) is 2.24. The zero-order valence-electron chi connectivity index (χ0n) is 10.3. The molecule has 1 saturated heterocycles. The number of halogens is 2. The van der Waals surface area contributed by atoms with Crippen molar-refractivity contribution in [2.24, 2.45) is 0 Å². The number of rotatable bonds is 1. The van der Waals surface area contributed by atoms with Gasteiger partial charge >= 0.3 is 0 Å². The van der Waals surface area contributed by atoms with E-state index in [0.29, 0.717) is 5.56 Å². The van der Waals surface area contributed by atoms with Crippen molar-refractivity contribution in [2.45, 2.75) is 25.4 Å². The van der Waals surface area contributed by atoms with Gasteiger partial charge in [0.25, 0.3) is 5.91 Å². The standard InChI is InChI=1S/C13H10ClFN2O3/c14-8-4-7(15)3-6-5-17(13(20)11(6)8)9-1-2-10(18)16-12(9)19/h3-4,9H,1-2,5H2,(H,16,18,19). The highest BCUT2D eigenvalue weighted by molar-refractivity contribution is 6.34. The van der Waals surface area contributed by atoms with Gasteiger partial charge in [0.1, 0.15) is 11.9 Å². The summed E-state index contributed by atoms with van der Waals surface area (Å²) in [5.74, 6) is -1.77. The number of carbonyl (C=O) groups excluding carboxylic acids is 3. The number of piperidine rings is 1. The summed E-state index contributed by atoms with van der Waals surface area (Å²) in [4.78, 5) is 36.6. The predicted octanol–water partition coefficient (Wildman–Crippen LogP) is 1.24. The van der Waals surface area contributed by atoms with Crippen LogP contribution in [-0.2, 0) is 16.1 Å². The molecule has 0 saturated carbocycles. The van der Waals surface area contributed by atoms with Gasteiger partial charge in [0.05, 0.1) is 10.6 Å². The van der Waals surface area contributed by atoms with Gasteiger partial charge in [-0.15, -0.1) is 0 Å². The van der Waals surface area contributed by atoms with E-state index in [0.717, 1.165) is 6.07 Å². The minimum absolute atomic E-state index is 0.0415. The molecule has 1 unspecified atom stereocenters. The van der Waals surface area contributed by atoms with E-state index in [-0.39, 0.29) is 35.9 Å². The number of nitrogens with zero attached hydrogens (tertiary/aromatic N) is 1. The first-order valence-corrected chi connectivity index (χ1v) is 6.48. The molecule has 0 spiro atoms. The van der Waals surface area contributed by atoms with Crippen LogP contribution in [0.4, 0.5) is 4.39 Å². The highest BCUT2D eigenvalue weighted by Crippen LogP contribution is 2.32. The molecule has 0 aliphatic carbocycles. The van der Waals surface area contributed by atoms with Crippen molar-refractivity contribution in [3.05, 3.63) is 34.1 Å². The summed E-state index contributed by atoms with van der Waals surface area (Å²) in [6, 6.07) is 1.60.